The molecule has 1 aromatic heterocycles. The molecule has 1 atom stereocenters. The van der Waals surface area contributed by atoms with E-state index in [-0.39, 0.29) is 12.4 Å². The van der Waals surface area contributed by atoms with E-state index < -0.39 is 0 Å². The lowest BCUT2D eigenvalue weighted by molar-refractivity contribution is 0.169. The second-order valence-electron chi connectivity index (χ2n) is 3.88. The first-order chi connectivity index (χ1) is 6.88. The Balaban J connectivity index is 0.00000112. The summed E-state index contributed by atoms with van der Waals surface area (Å²) < 4.78 is 3.87. The molecule has 1 aliphatic rings. The summed E-state index contributed by atoms with van der Waals surface area (Å²) in [6.45, 7) is 4.04. The van der Waals surface area contributed by atoms with Crippen molar-refractivity contribution in [1.29, 1.82) is 0 Å². The summed E-state index contributed by atoms with van der Waals surface area (Å²) in [7, 11) is 0. The Hall–Kier alpha value is -0.230. The molecule has 15 heavy (non-hydrogen) atoms. The van der Waals surface area contributed by atoms with Crippen LogP contribution >= 0.6 is 23.9 Å². The van der Waals surface area contributed by atoms with Crippen LogP contribution in [0.2, 0.25) is 0 Å². The number of hydrogen-bond donors (Lipinski definition) is 1. The number of hydrogen-bond acceptors (Lipinski definition) is 5. The Morgan fingerprint density at radius 2 is 2.47 bits per heavy atom. The minimum atomic E-state index is 0. The molecule has 2 rings (SSSR count). The van der Waals surface area contributed by atoms with Crippen molar-refractivity contribution in [3.05, 3.63) is 11.1 Å². The lowest BCUT2D eigenvalue weighted by atomic mass is 9.98. The summed E-state index contributed by atoms with van der Waals surface area (Å²) in [6, 6.07) is 0. The quantitative estimate of drug-likeness (QED) is 0.872. The Morgan fingerprint density at radius 3 is 3.13 bits per heavy atom. The zero-order chi connectivity index (χ0) is 9.80. The monoisotopic (exact) mass is 248 g/mol. The van der Waals surface area contributed by atoms with Gasteiger partial charge in [0.15, 0.2) is 0 Å². The molecular weight excluding hydrogens is 232 g/mol. The molecule has 1 unspecified atom stereocenters. The van der Waals surface area contributed by atoms with Crippen molar-refractivity contribution in [2.24, 2.45) is 11.7 Å². The van der Waals surface area contributed by atoms with Crippen molar-refractivity contribution >= 4 is 23.9 Å². The smallest absolute Gasteiger partial charge is 0.0895 e. The average molecular weight is 249 g/mol. The van der Waals surface area contributed by atoms with Gasteiger partial charge in [-0.25, -0.2) is 0 Å². The molecule has 1 aliphatic heterocycles. The number of rotatable bonds is 3. The normalized spacial score (nSPS) is 22.3. The lowest BCUT2D eigenvalue weighted by Gasteiger charge is -2.31. The fourth-order valence-corrected chi connectivity index (χ4v) is 2.41. The lowest BCUT2D eigenvalue weighted by Crippen LogP contribution is -2.37. The van der Waals surface area contributed by atoms with Gasteiger partial charge in [-0.05, 0) is 43.4 Å². The van der Waals surface area contributed by atoms with Crippen molar-refractivity contribution < 1.29 is 0 Å². The molecule has 0 aromatic carbocycles. The molecule has 0 aliphatic carbocycles. The highest BCUT2D eigenvalue weighted by molar-refractivity contribution is 7.03. The van der Waals surface area contributed by atoms with Gasteiger partial charge in [-0.15, -0.1) is 17.5 Å². The van der Waals surface area contributed by atoms with E-state index in [1.807, 2.05) is 5.38 Å². The Kier molecular flexibility index (Phi) is 5.45. The van der Waals surface area contributed by atoms with Crippen LogP contribution in [0.15, 0.2) is 5.38 Å². The van der Waals surface area contributed by atoms with Crippen molar-refractivity contribution in [3.63, 3.8) is 0 Å². The minimum absolute atomic E-state index is 0. The van der Waals surface area contributed by atoms with Crippen LogP contribution in [0.4, 0.5) is 0 Å². The van der Waals surface area contributed by atoms with E-state index in [1.54, 1.807) is 0 Å². The van der Waals surface area contributed by atoms with Gasteiger partial charge in [0.05, 0.1) is 5.69 Å². The van der Waals surface area contributed by atoms with Crippen molar-refractivity contribution in [2.45, 2.75) is 19.4 Å². The standard InChI is InChI=1S/C9H16N4S.ClH/c10-4-8-2-1-3-13(5-8)6-9-7-14-12-11-9;/h7-8H,1-6,10H2;1H. The van der Waals surface area contributed by atoms with E-state index in [2.05, 4.69) is 14.5 Å². The van der Waals surface area contributed by atoms with Crippen LogP contribution < -0.4 is 5.73 Å². The van der Waals surface area contributed by atoms with E-state index in [1.165, 1.54) is 30.9 Å². The first-order valence-corrected chi connectivity index (χ1v) is 5.90. The number of piperidine rings is 1. The van der Waals surface area contributed by atoms with Gasteiger partial charge in [0.1, 0.15) is 0 Å². The predicted octanol–water partition coefficient (Wildman–Crippen LogP) is 1.13. The van der Waals surface area contributed by atoms with Gasteiger partial charge in [-0.3, -0.25) is 4.90 Å². The molecule has 86 valence electrons. The summed E-state index contributed by atoms with van der Waals surface area (Å²) in [4.78, 5) is 2.43. The summed E-state index contributed by atoms with van der Waals surface area (Å²) in [5.74, 6) is 0.676. The summed E-state index contributed by atoms with van der Waals surface area (Å²) >= 11 is 1.42. The topological polar surface area (TPSA) is 55.0 Å². The van der Waals surface area contributed by atoms with Crippen LogP contribution in [-0.2, 0) is 6.54 Å². The zero-order valence-corrected chi connectivity index (χ0v) is 10.3. The first-order valence-electron chi connectivity index (χ1n) is 5.07. The fourth-order valence-electron chi connectivity index (χ4n) is 1.97. The third-order valence-electron chi connectivity index (χ3n) is 2.73. The Morgan fingerprint density at radius 1 is 1.60 bits per heavy atom. The second-order valence-corrected chi connectivity index (χ2v) is 4.49. The number of nitrogens with two attached hydrogens (primary N) is 1. The number of likely N-dealkylation sites (tertiary alicyclic amines) is 1. The summed E-state index contributed by atoms with van der Waals surface area (Å²) in [5.41, 5.74) is 6.78. The largest absolute Gasteiger partial charge is 0.330 e. The van der Waals surface area contributed by atoms with Gasteiger partial charge in [0, 0.05) is 18.5 Å². The van der Waals surface area contributed by atoms with E-state index in [4.69, 9.17) is 5.73 Å². The summed E-state index contributed by atoms with van der Waals surface area (Å²) in [6.07, 6.45) is 2.54. The Labute approximate surface area is 100 Å². The number of nitrogens with zero attached hydrogens (tertiary/aromatic N) is 3. The maximum absolute atomic E-state index is 5.69. The van der Waals surface area contributed by atoms with Crippen LogP contribution in [0.1, 0.15) is 18.5 Å². The molecule has 2 heterocycles. The van der Waals surface area contributed by atoms with Gasteiger partial charge >= 0.3 is 0 Å². The van der Waals surface area contributed by atoms with Crippen molar-refractivity contribution in [3.8, 4) is 0 Å². The highest BCUT2D eigenvalue weighted by atomic mass is 35.5. The highest BCUT2D eigenvalue weighted by Crippen LogP contribution is 2.16. The minimum Gasteiger partial charge on any atom is -0.330 e. The van der Waals surface area contributed by atoms with Crippen LogP contribution in [0.3, 0.4) is 0 Å². The van der Waals surface area contributed by atoms with Gasteiger partial charge < -0.3 is 5.73 Å². The molecule has 0 saturated carbocycles. The van der Waals surface area contributed by atoms with E-state index in [9.17, 15) is 0 Å². The van der Waals surface area contributed by atoms with E-state index in [0.29, 0.717) is 5.92 Å². The molecule has 1 saturated heterocycles. The fraction of sp³-hybridized carbons (Fsp3) is 0.778. The third-order valence-corrected chi connectivity index (χ3v) is 3.28. The maximum Gasteiger partial charge on any atom is 0.0895 e. The first kappa shape index (κ1) is 12.8. The van der Waals surface area contributed by atoms with Gasteiger partial charge in [0.25, 0.3) is 0 Å². The number of halogens is 1. The zero-order valence-electron chi connectivity index (χ0n) is 8.63. The van der Waals surface area contributed by atoms with Crippen molar-refractivity contribution in [1.82, 2.24) is 14.5 Å². The van der Waals surface area contributed by atoms with E-state index in [0.717, 1.165) is 25.3 Å². The molecule has 0 radical (unpaired) electrons. The highest BCUT2D eigenvalue weighted by Gasteiger charge is 2.19. The summed E-state index contributed by atoms with van der Waals surface area (Å²) in [5, 5.41) is 6.08. The molecule has 1 aromatic rings. The molecular formula is C9H17ClN4S. The van der Waals surface area contributed by atoms with Crippen LogP contribution in [-0.4, -0.2) is 34.1 Å². The predicted molar refractivity (Wildman–Crippen MR) is 64.2 cm³/mol. The molecule has 1 fully saturated rings. The third kappa shape index (κ3) is 3.68. The second kappa shape index (κ2) is 6.37. The van der Waals surface area contributed by atoms with Gasteiger partial charge in [0.2, 0.25) is 0 Å². The average Bonchev–Trinajstić information content (AvgIpc) is 2.71. The molecule has 6 heteroatoms. The van der Waals surface area contributed by atoms with Gasteiger partial charge in [-0.1, -0.05) is 4.49 Å². The molecule has 2 N–H and O–H groups in total. The van der Waals surface area contributed by atoms with Crippen LogP contribution in [0.25, 0.3) is 0 Å². The van der Waals surface area contributed by atoms with Crippen LogP contribution in [0, 0.1) is 5.92 Å². The Bertz CT molecular complexity index is 267. The molecule has 0 spiro atoms. The van der Waals surface area contributed by atoms with Crippen molar-refractivity contribution in [2.75, 3.05) is 19.6 Å². The van der Waals surface area contributed by atoms with E-state index >= 15 is 0 Å². The number of aromatic nitrogens is 2. The molecule has 0 bridgehead atoms. The molecule has 4 nitrogen and oxygen atoms in total. The maximum atomic E-state index is 5.69. The van der Waals surface area contributed by atoms with Crippen LogP contribution in [0.5, 0.6) is 0 Å². The molecule has 0 amide bonds. The van der Waals surface area contributed by atoms with Gasteiger partial charge in [-0.2, -0.15) is 0 Å². The SMILES string of the molecule is Cl.NCC1CCCN(Cc2csnn2)C1.